The van der Waals surface area contributed by atoms with Gasteiger partial charge >= 0.3 is 0 Å². The Kier molecular flexibility index (Phi) is 13.1. The molecular formula is C55H68N8O9S. The molecule has 3 saturated heterocycles. The molecule has 2 aromatic heterocycles. The lowest BCUT2D eigenvalue weighted by Gasteiger charge is -2.56. The number of nitro benzene ring substituents is 1. The molecule has 3 atom stereocenters. The number of piperidine rings is 1. The number of anilines is 2. The number of hydrogen-bond donors (Lipinski definition) is 4. The van der Waals surface area contributed by atoms with Crippen LogP contribution in [0, 0.1) is 21.4 Å². The van der Waals surface area contributed by atoms with Crippen LogP contribution < -0.4 is 29.1 Å². The van der Waals surface area contributed by atoms with E-state index in [9.17, 15) is 28.4 Å². The molecule has 1 amide bonds. The maximum absolute atomic E-state index is 14.5. The lowest BCUT2D eigenvalue weighted by molar-refractivity contribution is -0.384. The molecule has 17 nitrogen and oxygen atoms in total. The number of rotatable bonds is 13. The number of aromatic amines is 1. The predicted octanol–water partition coefficient (Wildman–Crippen LogP) is 9.29. The summed E-state index contributed by atoms with van der Waals surface area (Å²) in [4.78, 5) is 41.0. The van der Waals surface area contributed by atoms with E-state index in [-0.39, 0.29) is 64.5 Å². The number of nitrogens with zero attached hydrogens (tertiary/aromatic N) is 5. The van der Waals surface area contributed by atoms with Crippen LogP contribution in [0.2, 0.25) is 0 Å². The Labute approximate surface area is 427 Å². The highest BCUT2D eigenvalue weighted by atomic mass is 32.2. The van der Waals surface area contributed by atoms with Crippen molar-refractivity contribution < 1.29 is 37.5 Å². The second-order valence-electron chi connectivity index (χ2n) is 22.4. The topological polar surface area (TPSA) is 205 Å². The van der Waals surface area contributed by atoms with Gasteiger partial charge in [-0.1, -0.05) is 38.1 Å². The van der Waals surface area contributed by atoms with Crippen LogP contribution in [0.15, 0.2) is 77.8 Å². The third-order valence-corrected chi connectivity index (χ3v) is 18.3. The van der Waals surface area contributed by atoms with Crippen molar-refractivity contribution in [3.8, 4) is 23.1 Å². The summed E-state index contributed by atoms with van der Waals surface area (Å²) >= 11 is 0. The molecule has 4 N–H and O–H groups in total. The third-order valence-electron chi connectivity index (χ3n) is 17.0. The number of sulfonamides is 1. The Morgan fingerprint density at radius 2 is 1.75 bits per heavy atom. The number of aromatic nitrogens is 2. The summed E-state index contributed by atoms with van der Waals surface area (Å²) in [5.41, 5.74) is 3.40. The molecule has 2 saturated carbocycles. The summed E-state index contributed by atoms with van der Waals surface area (Å²) in [5, 5.41) is 27.0. The molecule has 3 aromatic carbocycles. The van der Waals surface area contributed by atoms with Gasteiger partial charge in [-0.05, 0) is 144 Å². The highest BCUT2D eigenvalue weighted by molar-refractivity contribution is 7.90. The largest absolute Gasteiger partial charge is 0.489 e. The summed E-state index contributed by atoms with van der Waals surface area (Å²) in [7, 11) is -2.68. The molecule has 0 bridgehead atoms. The van der Waals surface area contributed by atoms with E-state index in [1.807, 2.05) is 26.1 Å². The number of H-pyrrole nitrogens is 1. The first-order chi connectivity index (χ1) is 35.0. The van der Waals surface area contributed by atoms with Crippen LogP contribution in [0.5, 0.6) is 23.1 Å². The number of fused-ring (bicyclic) bond motifs is 2. The molecule has 6 aliphatic rings. The fraction of sp³-hybridized carbons (Fsp3) is 0.527. The van der Waals surface area contributed by atoms with E-state index in [1.165, 1.54) is 42.9 Å². The molecule has 4 aliphatic heterocycles. The van der Waals surface area contributed by atoms with Crippen LogP contribution in [0.25, 0.3) is 11.0 Å². The molecule has 1 spiro atoms. The van der Waals surface area contributed by atoms with Crippen LogP contribution in [0.1, 0.15) is 125 Å². The second-order valence-corrected chi connectivity index (χ2v) is 24.1. The van der Waals surface area contributed by atoms with Gasteiger partial charge < -0.3 is 39.4 Å². The van der Waals surface area contributed by atoms with Gasteiger partial charge in [0.15, 0.2) is 17.2 Å². The van der Waals surface area contributed by atoms with Gasteiger partial charge in [-0.2, -0.15) is 4.98 Å². The monoisotopic (exact) mass is 1020 g/mol. The Hall–Kier alpha value is -5.95. The van der Waals surface area contributed by atoms with Crippen LogP contribution in [-0.2, 0) is 10.0 Å². The average molecular weight is 1020 g/mol. The summed E-state index contributed by atoms with van der Waals surface area (Å²) < 4.78 is 49.8. The molecular weight excluding hydrogens is 949 g/mol. The fourth-order valence-corrected chi connectivity index (χ4v) is 13.8. The fourth-order valence-electron chi connectivity index (χ4n) is 12.8. The molecule has 18 heteroatoms. The first kappa shape index (κ1) is 49.3. The van der Waals surface area contributed by atoms with E-state index in [1.54, 1.807) is 24.4 Å². The van der Waals surface area contributed by atoms with E-state index in [0.717, 1.165) is 62.6 Å². The second kappa shape index (κ2) is 19.4. The molecule has 0 unspecified atom stereocenters. The maximum Gasteiger partial charge on any atom is 0.297 e. The van der Waals surface area contributed by atoms with Crippen molar-refractivity contribution >= 4 is 44.0 Å². The minimum Gasteiger partial charge on any atom is -0.489 e. The number of pyridine rings is 1. The molecule has 73 heavy (non-hydrogen) atoms. The first-order valence-corrected chi connectivity index (χ1v) is 27.7. The van der Waals surface area contributed by atoms with Crippen molar-refractivity contribution in [2.45, 2.75) is 132 Å². The van der Waals surface area contributed by atoms with Gasteiger partial charge in [0.05, 0.1) is 27.0 Å². The van der Waals surface area contributed by atoms with Gasteiger partial charge in [0.25, 0.3) is 27.5 Å². The van der Waals surface area contributed by atoms with Gasteiger partial charge in [0.2, 0.25) is 0 Å². The third kappa shape index (κ3) is 9.95. The van der Waals surface area contributed by atoms with Gasteiger partial charge in [0.1, 0.15) is 24.1 Å². The van der Waals surface area contributed by atoms with Crippen molar-refractivity contribution in [3.63, 3.8) is 0 Å². The van der Waals surface area contributed by atoms with Crippen LogP contribution >= 0.6 is 0 Å². The predicted molar refractivity (Wildman–Crippen MR) is 278 cm³/mol. The van der Waals surface area contributed by atoms with Crippen molar-refractivity contribution in [3.05, 3.63) is 99.7 Å². The number of amides is 1. The van der Waals surface area contributed by atoms with Crippen molar-refractivity contribution in [2.24, 2.45) is 11.3 Å². The number of aliphatic hydroxyl groups is 1. The van der Waals surface area contributed by atoms with E-state index in [0.29, 0.717) is 55.9 Å². The number of likely N-dealkylation sites (N-methyl/N-ethyl adjacent to an activating group) is 1. The number of benzene rings is 3. The Morgan fingerprint density at radius 3 is 2.49 bits per heavy atom. The molecule has 2 aliphatic carbocycles. The van der Waals surface area contributed by atoms with E-state index in [4.69, 9.17) is 19.2 Å². The number of nitrogens with one attached hydrogen (secondary N) is 3. The number of likely N-dealkylation sites (tertiary alicyclic amines) is 2. The normalized spacial score (nSPS) is 25.5. The maximum atomic E-state index is 14.5. The Morgan fingerprint density at radius 1 is 0.973 bits per heavy atom. The lowest BCUT2D eigenvalue weighted by Crippen LogP contribution is -2.54. The minimum atomic E-state index is -4.72. The van der Waals surface area contributed by atoms with Gasteiger partial charge in [-0.15, -0.1) is 0 Å². The SMILES string of the molecule is CC(C)c1ccccc1[C@H]1CCCN1C1CC2(CCN(c3ccc(C(=O)NS(=O)(=O)c4cc5c(c([N+](=O)[O-])c4)N[C@@H](C4CCC(C)(O)CC4)CO5)c(Oc4cc5cc[nH]c5nc4O[C@@H]4CCN(C)C4)c3)CC2)C1. The van der Waals surface area contributed by atoms with E-state index < -0.39 is 37.0 Å². The van der Waals surface area contributed by atoms with Crippen molar-refractivity contribution in [2.75, 3.05) is 56.6 Å². The highest BCUT2D eigenvalue weighted by Crippen LogP contribution is 2.55. The zero-order chi connectivity index (χ0) is 50.8. The minimum absolute atomic E-state index is 0.00326. The standard InChI is InChI=1S/C55H68N8O9S/c1-34(2)41-8-5-6-9-42(41)45-10-7-22-62(45)38-30-55(31-38)19-24-61(25-20-55)37-11-12-43(47(27-37)72-49-26-36-15-21-56-51(36)58-53(49)71-39-16-23-60(4)32-39)52(64)59-73(68,69)40-28-46(63(66)67)50-48(29-40)70-33-44(57-50)35-13-17-54(3,65)18-14-35/h5-6,8-9,11-12,15,21,26-29,34-35,38-39,44-45,57,65H,7,10,13-14,16-20,22-25,30-33H2,1-4H3,(H,56,58)(H,59,64)/t35?,39-,44-,45-,54?/m1/s1. The summed E-state index contributed by atoms with van der Waals surface area (Å²) in [6, 6.07) is 20.7. The number of ether oxygens (including phenoxy) is 3. The van der Waals surface area contributed by atoms with Gasteiger partial charge in [0, 0.05) is 73.7 Å². The average Bonchev–Trinajstić information content (AvgIpc) is 4.14. The zero-order valence-corrected chi connectivity index (χ0v) is 43.1. The van der Waals surface area contributed by atoms with E-state index in [2.05, 4.69) is 67.8 Å². The zero-order valence-electron chi connectivity index (χ0n) is 42.3. The van der Waals surface area contributed by atoms with Gasteiger partial charge in [-0.25, -0.2) is 13.1 Å². The Bertz CT molecular complexity index is 3010. The number of nitro groups is 1. The molecule has 11 rings (SSSR count). The van der Waals surface area contributed by atoms with Crippen molar-refractivity contribution in [1.82, 2.24) is 24.5 Å². The highest BCUT2D eigenvalue weighted by Gasteiger charge is 2.50. The van der Waals surface area contributed by atoms with Crippen molar-refractivity contribution in [1.29, 1.82) is 0 Å². The van der Waals surface area contributed by atoms with Crippen LogP contribution in [0.3, 0.4) is 0 Å². The molecule has 388 valence electrons. The number of carbonyl (C=O) groups excluding carboxylic acids is 1. The number of hydrogen-bond acceptors (Lipinski definition) is 14. The summed E-state index contributed by atoms with van der Waals surface area (Å²) in [5.74, 6) is 0.182. The molecule has 5 fully saturated rings. The van der Waals surface area contributed by atoms with Gasteiger partial charge in [-0.3, -0.25) is 19.8 Å². The quantitative estimate of drug-likeness (QED) is 0.0641. The summed E-state index contributed by atoms with van der Waals surface area (Å²) in [6.45, 7) is 10.8. The molecule has 6 heterocycles. The Balaban J connectivity index is 0.846. The molecule has 0 radical (unpaired) electrons. The number of carbonyl (C=O) groups is 1. The lowest BCUT2D eigenvalue weighted by atomic mass is 9.59. The van der Waals surface area contributed by atoms with Crippen LogP contribution in [-0.4, -0.2) is 114 Å². The molecule has 5 aromatic rings. The summed E-state index contributed by atoms with van der Waals surface area (Å²) in [6.07, 6.45) is 11.8. The smallest absolute Gasteiger partial charge is 0.297 e. The van der Waals surface area contributed by atoms with E-state index >= 15 is 0 Å². The first-order valence-electron chi connectivity index (χ1n) is 26.3. The van der Waals surface area contributed by atoms with Crippen LogP contribution in [0.4, 0.5) is 17.1 Å².